The number of hydrogen-bond donors (Lipinski definition) is 2. The minimum absolute atomic E-state index is 0.155. The molecule has 31 heavy (non-hydrogen) atoms. The van der Waals surface area contributed by atoms with Crippen molar-refractivity contribution in [2.45, 2.75) is 31.9 Å². The van der Waals surface area contributed by atoms with E-state index in [-0.39, 0.29) is 12.6 Å². The number of benzene rings is 2. The van der Waals surface area contributed by atoms with E-state index in [1.807, 2.05) is 12.1 Å². The van der Waals surface area contributed by atoms with Crippen LogP contribution in [-0.2, 0) is 6.54 Å². The first-order valence-electron chi connectivity index (χ1n) is 10.5. The molecule has 1 atom stereocenters. The van der Waals surface area contributed by atoms with Gasteiger partial charge in [-0.05, 0) is 49.6 Å². The van der Waals surface area contributed by atoms with Gasteiger partial charge in [-0.2, -0.15) is 0 Å². The van der Waals surface area contributed by atoms with Gasteiger partial charge in [0.05, 0.1) is 38.0 Å². The number of nitrogens with zero attached hydrogens (tertiary/aromatic N) is 2. The first kappa shape index (κ1) is 21.6. The van der Waals surface area contributed by atoms with Gasteiger partial charge in [0, 0.05) is 29.9 Å². The third kappa shape index (κ3) is 4.38. The fourth-order valence-electron chi connectivity index (χ4n) is 4.41. The van der Waals surface area contributed by atoms with Crippen molar-refractivity contribution in [2.75, 3.05) is 44.1 Å². The molecule has 7 nitrogen and oxygen atoms in total. The summed E-state index contributed by atoms with van der Waals surface area (Å²) >= 11 is 6.52. The molecule has 4 rings (SSSR count). The van der Waals surface area contributed by atoms with E-state index >= 15 is 0 Å². The third-order valence-electron chi connectivity index (χ3n) is 5.97. The second-order valence-electron chi connectivity index (χ2n) is 7.90. The Balaban J connectivity index is 1.50. The molecule has 166 valence electrons. The fraction of sp³-hybridized carbons (Fsp3) is 0.435. The number of carbonyl (C=O) groups is 1. The topological polar surface area (TPSA) is 74.3 Å². The highest BCUT2D eigenvalue weighted by Gasteiger charge is 2.32. The number of halogens is 1. The number of hydrogen-bond acceptors (Lipinski definition) is 5. The van der Waals surface area contributed by atoms with Crippen LogP contribution < -0.4 is 19.7 Å². The Morgan fingerprint density at radius 1 is 1.10 bits per heavy atom. The van der Waals surface area contributed by atoms with E-state index in [2.05, 4.69) is 10.2 Å². The molecule has 0 aromatic heterocycles. The van der Waals surface area contributed by atoms with E-state index in [1.165, 1.54) is 19.3 Å². The van der Waals surface area contributed by atoms with Crippen molar-refractivity contribution in [2.24, 2.45) is 0 Å². The van der Waals surface area contributed by atoms with Gasteiger partial charge in [0.25, 0.3) is 0 Å². The molecule has 2 heterocycles. The summed E-state index contributed by atoms with van der Waals surface area (Å²) in [4.78, 5) is 16.8. The zero-order valence-corrected chi connectivity index (χ0v) is 18.6. The molecule has 0 aliphatic carbocycles. The molecule has 1 fully saturated rings. The lowest BCUT2D eigenvalue weighted by Gasteiger charge is -2.34. The number of rotatable bonds is 4. The normalized spacial score (nSPS) is 18.4. The van der Waals surface area contributed by atoms with Crippen molar-refractivity contribution < 1.29 is 19.4 Å². The molecule has 0 spiro atoms. The molecule has 2 N–H and O–H groups in total. The number of piperidine rings is 1. The number of aliphatic hydroxyl groups excluding tert-OH is 1. The standard InChI is InChI=1S/C23H28ClN3O4/c1-30-20-8-9-21(31-2)22-16(20)13-27(14-19(22)28)23(29)25-15-6-7-18(17(24)12-15)26-10-4-3-5-11-26/h6-9,12,19,28H,3-5,10-11,13-14H2,1-2H3,(H,25,29)/t19-/m0/s1. The first-order chi connectivity index (χ1) is 15.0. The fourth-order valence-corrected chi connectivity index (χ4v) is 4.71. The van der Waals surface area contributed by atoms with Crippen molar-refractivity contribution in [1.29, 1.82) is 0 Å². The molecule has 2 amide bonds. The van der Waals surface area contributed by atoms with Crippen LogP contribution in [0.5, 0.6) is 11.5 Å². The zero-order valence-electron chi connectivity index (χ0n) is 17.9. The Labute approximate surface area is 187 Å². The monoisotopic (exact) mass is 445 g/mol. The van der Waals surface area contributed by atoms with Crippen LogP contribution in [0.1, 0.15) is 36.5 Å². The molecule has 0 bridgehead atoms. The summed E-state index contributed by atoms with van der Waals surface area (Å²) < 4.78 is 10.8. The molecule has 2 aliphatic rings. The number of anilines is 2. The number of nitrogens with one attached hydrogen (secondary N) is 1. The lowest BCUT2D eigenvalue weighted by molar-refractivity contribution is 0.105. The predicted octanol–water partition coefficient (Wildman–Crippen LogP) is 4.43. The van der Waals surface area contributed by atoms with Crippen molar-refractivity contribution in [3.63, 3.8) is 0 Å². The van der Waals surface area contributed by atoms with Crippen molar-refractivity contribution in [3.8, 4) is 11.5 Å². The average molecular weight is 446 g/mol. The highest BCUT2D eigenvalue weighted by Crippen LogP contribution is 2.39. The second kappa shape index (κ2) is 9.24. The average Bonchev–Trinajstić information content (AvgIpc) is 2.78. The molecule has 0 unspecified atom stereocenters. The minimum Gasteiger partial charge on any atom is -0.496 e. The summed E-state index contributed by atoms with van der Waals surface area (Å²) in [5.41, 5.74) is 3.03. The summed E-state index contributed by atoms with van der Waals surface area (Å²) in [6.45, 7) is 2.46. The van der Waals surface area contributed by atoms with E-state index in [0.29, 0.717) is 34.3 Å². The van der Waals surface area contributed by atoms with E-state index in [0.717, 1.165) is 24.3 Å². The maximum Gasteiger partial charge on any atom is 0.322 e. The van der Waals surface area contributed by atoms with Gasteiger partial charge >= 0.3 is 6.03 Å². The van der Waals surface area contributed by atoms with Gasteiger partial charge in [-0.1, -0.05) is 11.6 Å². The number of β-amino-alcohol motifs (C(OH)–C–C–N with tert-alkyl or cyclic N) is 1. The molecular formula is C23H28ClN3O4. The van der Waals surface area contributed by atoms with Gasteiger partial charge in [-0.3, -0.25) is 0 Å². The number of fused-ring (bicyclic) bond motifs is 1. The van der Waals surface area contributed by atoms with E-state index in [1.54, 1.807) is 37.3 Å². The lowest BCUT2D eigenvalue weighted by atomic mass is 9.95. The van der Waals surface area contributed by atoms with Crippen molar-refractivity contribution >= 4 is 29.0 Å². The number of amides is 2. The van der Waals surface area contributed by atoms with Gasteiger partial charge in [-0.15, -0.1) is 0 Å². The highest BCUT2D eigenvalue weighted by atomic mass is 35.5. The number of aliphatic hydroxyl groups is 1. The van der Waals surface area contributed by atoms with Gasteiger partial charge in [0.2, 0.25) is 0 Å². The number of ether oxygens (including phenoxy) is 2. The summed E-state index contributed by atoms with van der Waals surface area (Å²) in [6.07, 6.45) is 2.72. The Hall–Kier alpha value is -2.64. The Bertz CT molecular complexity index is 962. The van der Waals surface area contributed by atoms with Crippen LogP contribution in [0.3, 0.4) is 0 Å². The van der Waals surface area contributed by atoms with Crippen LogP contribution in [0.15, 0.2) is 30.3 Å². The van der Waals surface area contributed by atoms with Crippen LogP contribution in [0.2, 0.25) is 5.02 Å². The van der Waals surface area contributed by atoms with E-state index in [4.69, 9.17) is 21.1 Å². The Morgan fingerprint density at radius 2 is 1.81 bits per heavy atom. The van der Waals surface area contributed by atoms with Crippen molar-refractivity contribution in [1.82, 2.24) is 4.90 Å². The number of methoxy groups -OCH3 is 2. The maximum absolute atomic E-state index is 13.0. The van der Waals surface area contributed by atoms with E-state index in [9.17, 15) is 9.90 Å². The van der Waals surface area contributed by atoms with Crippen LogP contribution in [-0.4, -0.2) is 49.9 Å². The Kier molecular flexibility index (Phi) is 6.43. The summed E-state index contributed by atoms with van der Waals surface area (Å²) in [7, 11) is 3.13. The summed E-state index contributed by atoms with van der Waals surface area (Å²) in [5.74, 6) is 1.20. The molecule has 2 aromatic rings. The van der Waals surface area contributed by atoms with E-state index < -0.39 is 6.10 Å². The summed E-state index contributed by atoms with van der Waals surface area (Å²) in [6, 6.07) is 8.84. The third-order valence-corrected chi connectivity index (χ3v) is 6.28. The molecule has 8 heteroatoms. The van der Waals surface area contributed by atoms with Gasteiger partial charge in [0.15, 0.2) is 0 Å². The molecule has 1 saturated heterocycles. The maximum atomic E-state index is 13.0. The second-order valence-corrected chi connectivity index (χ2v) is 8.31. The van der Waals surface area contributed by atoms with Crippen molar-refractivity contribution in [3.05, 3.63) is 46.5 Å². The van der Waals surface area contributed by atoms with Crippen LogP contribution in [0.25, 0.3) is 0 Å². The minimum atomic E-state index is -0.871. The number of urea groups is 1. The first-order valence-corrected chi connectivity index (χ1v) is 10.9. The molecule has 0 saturated carbocycles. The lowest BCUT2D eigenvalue weighted by Crippen LogP contribution is -2.41. The number of carbonyl (C=O) groups excluding carboxylic acids is 1. The largest absolute Gasteiger partial charge is 0.496 e. The summed E-state index contributed by atoms with van der Waals surface area (Å²) in [5, 5.41) is 14.2. The molecular weight excluding hydrogens is 418 g/mol. The predicted molar refractivity (Wildman–Crippen MR) is 121 cm³/mol. The Morgan fingerprint density at radius 3 is 2.48 bits per heavy atom. The molecule has 2 aliphatic heterocycles. The highest BCUT2D eigenvalue weighted by molar-refractivity contribution is 6.33. The van der Waals surface area contributed by atoms with Crippen LogP contribution in [0, 0.1) is 0 Å². The smallest absolute Gasteiger partial charge is 0.322 e. The van der Waals surface area contributed by atoms with Gasteiger partial charge in [0.1, 0.15) is 17.6 Å². The van der Waals surface area contributed by atoms with Gasteiger partial charge < -0.3 is 29.7 Å². The van der Waals surface area contributed by atoms with Crippen LogP contribution >= 0.6 is 11.6 Å². The van der Waals surface area contributed by atoms with Crippen LogP contribution in [0.4, 0.5) is 16.2 Å². The van der Waals surface area contributed by atoms with Gasteiger partial charge in [-0.25, -0.2) is 4.79 Å². The quantitative estimate of drug-likeness (QED) is 0.728. The molecule has 2 aromatic carbocycles. The molecule has 0 radical (unpaired) electrons. The zero-order chi connectivity index (χ0) is 22.0. The SMILES string of the molecule is COc1ccc(OC)c2c1CN(C(=O)Nc1ccc(N3CCCCC3)c(Cl)c1)C[C@@H]2O.